The van der Waals surface area contributed by atoms with E-state index in [1.54, 1.807) is 18.2 Å². The van der Waals surface area contributed by atoms with Crippen molar-refractivity contribution in [3.63, 3.8) is 0 Å². The number of likely N-dealkylation sites (N-methyl/N-ethyl adjacent to an activating group) is 1. The number of phenolic OH excluding ortho intramolecular Hbond substituents is 1. The Labute approximate surface area is 135 Å². The molecule has 5 heteroatoms. The zero-order valence-corrected chi connectivity index (χ0v) is 14.1. The molecule has 0 spiro atoms. The van der Waals surface area contributed by atoms with Gasteiger partial charge < -0.3 is 15.1 Å². The number of aromatic carboxylic acids is 1. The van der Waals surface area contributed by atoms with Gasteiger partial charge in [0.1, 0.15) is 5.75 Å². The molecule has 2 aromatic carbocycles. The molecule has 0 aliphatic carbocycles. The molecular formula is C17H22ClNO3. The van der Waals surface area contributed by atoms with Crippen molar-refractivity contribution in [3.05, 3.63) is 35.4 Å². The van der Waals surface area contributed by atoms with Crippen LogP contribution in [-0.2, 0) is 6.42 Å². The van der Waals surface area contributed by atoms with Crippen LogP contribution in [0.4, 0.5) is 5.69 Å². The minimum Gasteiger partial charge on any atom is -0.507 e. The topological polar surface area (TPSA) is 60.8 Å². The molecule has 0 fully saturated rings. The van der Waals surface area contributed by atoms with E-state index in [9.17, 15) is 9.90 Å². The molecule has 120 valence electrons. The summed E-state index contributed by atoms with van der Waals surface area (Å²) >= 11 is 4.64. The van der Waals surface area contributed by atoms with Gasteiger partial charge in [-0.05, 0) is 29.5 Å². The molecule has 1 aliphatic rings. The molecule has 0 saturated carbocycles. The van der Waals surface area contributed by atoms with Crippen molar-refractivity contribution in [1.29, 1.82) is 0 Å². The van der Waals surface area contributed by atoms with Crippen molar-refractivity contribution in [2.75, 3.05) is 24.9 Å². The number of nitrogens with zero attached hydrogens (tertiary/aromatic N) is 1. The fourth-order valence-corrected chi connectivity index (χ4v) is 2.59. The SMILES string of the molecule is CC.CCl.CN1CCc2c1cc(O)c1cc(C(=O)O)ccc21. The lowest BCUT2D eigenvalue weighted by Crippen LogP contribution is -2.12. The minimum atomic E-state index is -0.978. The van der Waals surface area contributed by atoms with Crippen molar-refractivity contribution in [2.24, 2.45) is 0 Å². The summed E-state index contributed by atoms with van der Waals surface area (Å²) in [5.41, 5.74) is 2.41. The number of aromatic hydroxyl groups is 1. The molecule has 2 aromatic rings. The first kappa shape index (κ1) is 18.1. The Morgan fingerprint density at radius 2 is 1.82 bits per heavy atom. The summed E-state index contributed by atoms with van der Waals surface area (Å²) in [6, 6.07) is 6.63. The average molecular weight is 324 g/mol. The van der Waals surface area contributed by atoms with E-state index >= 15 is 0 Å². The number of anilines is 1. The van der Waals surface area contributed by atoms with Crippen LogP contribution in [0.3, 0.4) is 0 Å². The predicted octanol–water partition coefficient (Wildman–Crippen LogP) is 4.12. The molecular weight excluding hydrogens is 302 g/mol. The van der Waals surface area contributed by atoms with Crippen molar-refractivity contribution >= 4 is 34.0 Å². The zero-order valence-electron chi connectivity index (χ0n) is 13.4. The number of rotatable bonds is 1. The van der Waals surface area contributed by atoms with Gasteiger partial charge in [0.2, 0.25) is 0 Å². The molecule has 0 atom stereocenters. The van der Waals surface area contributed by atoms with Crippen molar-refractivity contribution in [2.45, 2.75) is 20.3 Å². The number of halogens is 1. The van der Waals surface area contributed by atoms with Gasteiger partial charge in [-0.15, -0.1) is 11.6 Å². The molecule has 2 N–H and O–H groups in total. The Balaban J connectivity index is 0.000000561. The number of phenols is 1. The van der Waals surface area contributed by atoms with Crippen LogP contribution in [0.1, 0.15) is 29.8 Å². The van der Waals surface area contributed by atoms with Crippen LogP contribution in [0, 0.1) is 0 Å². The smallest absolute Gasteiger partial charge is 0.335 e. The quantitative estimate of drug-likeness (QED) is 0.775. The molecule has 0 amide bonds. The van der Waals surface area contributed by atoms with Gasteiger partial charge in [0.25, 0.3) is 0 Å². The number of carboxylic acid groups (broad SMARTS) is 1. The summed E-state index contributed by atoms with van der Waals surface area (Å²) < 4.78 is 0. The Bertz CT molecular complexity index is 670. The van der Waals surface area contributed by atoms with Crippen LogP contribution in [-0.4, -0.2) is 36.2 Å². The molecule has 0 unspecified atom stereocenters. The van der Waals surface area contributed by atoms with Gasteiger partial charge in [0.15, 0.2) is 0 Å². The van der Waals surface area contributed by atoms with E-state index in [4.69, 9.17) is 5.11 Å². The lowest BCUT2D eigenvalue weighted by atomic mass is 9.99. The van der Waals surface area contributed by atoms with Crippen LogP contribution < -0.4 is 4.90 Å². The van der Waals surface area contributed by atoms with Crippen LogP contribution >= 0.6 is 11.6 Å². The van der Waals surface area contributed by atoms with E-state index in [2.05, 4.69) is 16.5 Å². The number of hydrogen-bond acceptors (Lipinski definition) is 3. The molecule has 22 heavy (non-hydrogen) atoms. The number of carboxylic acids is 1. The van der Waals surface area contributed by atoms with Crippen LogP contribution in [0.25, 0.3) is 10.8 Å². The maximum atomic E-state index is 11.0. The molecule has 0 aromatic heterocycles. The maximum absolute atomic E-state index is 11.0. The molecule has 3 rings (SSSR count). The third kappa shape index (κ3) is 3.28. The van der Waals surface area contributed by atoms with Crippen molar-refractivity contribution < 1.29 is 15.0 Å². The first-order chi connectivity index (χ1) is 10.6. The van der Waals surface area contributed by atoms with Crippen LogP contribution in [0.5, 0.6) is 5.75 Å². The van der Waals surface area contributed by atoms with E-state index in [0.717, 1.165) is 24.0 Å². The van der Waals surface area contributed by atoms with E-state index in [1.165, 1.54) is 18.0 Å². The first-order valence-corrected chi connectivity index (χ1v) is 7.94. The van der Waals surface area contributed by atoms with Crippen LogP contribution in [0.2, 0.25) is 0 Å². The molecule has 1 aliphatic heterocycles. The number of hydrogen-bond donors (Lipinski definition) is 2. The van der Waals surface area contributed by atoms with E-state index in [1.807, 2.05) is 20.9 Å². The highest BCUT2D eigenvalue weighted by molar-refractivity contribution is 6.15. The number of carbonyl (C=O) groups is 1. The summed E-state index contributed by atoms with van der Waals surface area (Å²) in [6.45, 7) is 4.93. The predicted molar refractivity (Wildman–Crippen MR) is 92.7 cm³/mol. The Morgan fingerprint density at radius 3 is 2.41 bits per heavy atom. The molecule has 1 heterocycles. The Hall–Kier alpha value is -1.94. The standard InChI is InChI=1S/C14H13NO3.C2H6.CH3Cl/c1-15-5-4-10-9-3-2-8(14(17)18)6-11(9)13(16)7-12(10)15;2*1-2/h2-3,6-7,16H,4-5H2,1H3,(H,17,18);1-2H3;1H3. The summed E-state index contributed by atoms with van der Waals surface area (Å²) in [4.78, 5) is 13.0. The maximum Gasteiger partial charge on any atom is 0.335 e. The van der Waals surface area contributed by atoms with Gasteiger partial charge >= 0.3 is 5.97 Å². The Kier molecular flexibility index (Phi) is 6.50. The molecule has 0 saturated heterocycles. The molecule has 4 nitrogen and oxygen atoms in total. The zero-order chi connectivity index (χ0) is 16.9. The fraction of sp³-hybridized carbons (Fsp3) is 0.353. The minimum absolute atomic E-state index is 0.139. The highest BCUT2D eigenvalue weighted by atomic mass is 35.5. The number of alkyl halides is 1. The lowest BCUT2D eigenvalue weighted by molar-refractivity contribution is 0.0697. The second-order valence-corrected chi connectivity index (χ2v) is 4.63. The highest BCUT2D eigenvalue weighted by Crippen LogP contribution is 2.39. The summed E-state index contributed by atoms with van der Waals surface area (Å²) in [5.74, 6) is -0.838. The lowest BCUT2D eigenvalue weighted by Gasteiger charge is -2.14. The molecule has 0 radical (unpaired) electrons. The van der Waals surface area contributed by atoms with Crippen molar-refractivity contribution in [1.82, 2.24) is 0 Å². The second-order valence-electron chi connectivity index (χ2n) is 4.63. The summed E-state index contributed by atoms with van der Waals surface area (Å²) in [6.07, 6.45) is 2.40. The first-order valence-electron chi connectivity index (χ1n) is 7.19. The summed E-state index contributed by atoms with van der Waals surface area (Å²) in [7, 11) is 1.99. The van der Waals surface area contributed by atoms with E-state index < -0.39 is 5.97 Å². The normalized spacial score (nSPS) is 12.0. The second kappa shape index (κ2) is 7.90. The fourth-order valence-electron chi connectivity index (χ4n) is 2.59. The largest absolute Gasteiger partial charge is 0.507 e. The van der Waals surface area contributed by atoms with Gasteiger partial charge in [-0.3, -0.25) is 0 Å². The third-order valence-electron chi connectivity index (χ3n) is 3.56. The Morgan fingerprint density at radius 1 is 1.18 bits per heavy atom. The van der Waals surface area contributed by atoms with Crippen molar-refractivity contribution in [3.8, 4) is 5.75 Å². The summed E-state index contributed by atoms with van der Waals surface area (Å²) in [5, 5.41) is 20.6. The highest BCUT2D eigenvalue weighted by Gasteiger charge is 2.20. The van der Waals surface area contributed by atoms with Gasteiger partial charge in [-0.1, -0.05) is 19.9 Å². The van der Waals surface area contributed by atoms with Crippen LogP contribution in [0.15, 0.2) is 24.3 Å². The third-order valence-corrected chi connectivity index (χ3v) is 3.56. The van der Waals surface area contributed by atoms with E-state index in [0.29, 0.717) is 5.39 Å². The monoisotopic (exact) mass is 323 g/mol. The molecule has 0 bridgehead atoms. The number of benzene rings is 2. The van der Waals surface area contributed by atoms with Gasteiger partial charge in [0, 0.05) is 37.1 Å². The average Bonchev–Trinajstić information content (AvgIpc) is 2.92. The number of fused-ring (bicyclic) bond motifs is 3. The van der Waals surface area contributed by atoms with Gasteiger partial charge in [0.05, 0.1) is 5.56 Å². The van der Waals surface area contributed by atoms with E-state index in [-0.39, 0.29) is 11.3 Å². The van der Waals surface area contributed by atoms with Gasteiger partial charge in [-0.25, -0.2) is 4.79 Å². The van der Waals surface area contributed by atoms with Gasteiger partial charge in [-0.2, -0.15) is 0 Å².